The molecular weight excluding hydrogens is 449 g/mol. The third-order valence-electron chi connectivity index (χ3n) is 5.75. The Labute approximate surface area is 187 Å². The number of carbonyl (C=O) groups excluding carboxylic acids is 1. The number of ether oxygens (including phenoxy) is 2. The molecule has 0 radical (unpaired) electrons. The maximum atomic E-state index is 12.7. The highest BCUT2D eigenvalue weighted by Gasteiger charge is 2.74. The zero-order valence-electron chi connectivity index (χ0n) is 17.6. The molecule has 1 heterocycles. The van der Waals surface area contributed by atoms with Gasteiger partial charge >= 0.3 is 6.36 Å². The van der Waals surface area contributed by atoms with Gasteiger partial charge in [0.05, 0.1) is 11.1 Å². The summed E-state index contributed by atoms with van der Waals surface area (Å²) in [6.07, 6.45) is -1.56. The Bertz CT molecular complexity index is 1050. The van der Waals surface area contributed by atoms with E-state index in [-0.39, 0.29) is 16.9 Å². The highest BCUT2D eigenvalue weighted by atomic mass is 35.5. The molecule has 2 aromatic rings. The smallest absolute Gasteiger partial charge is 0.489 e. The Morgan fingerprint density at radius 2 is 1.78 bits per heavy atom. The molecule has 1 aliphatic rings. The Morgan fingerprint density at radius 1 is 1.19 bits per heavy atom. The molecule has 1 amide bonds. The van der Waals surface area contributed by atoms with Crippen LogP contribution < -0.4 is 14.8 Å². The predicted octanol–water partition coefficient (Wildman–Crippen LogP) is 4.43. The third-order valence-corrected chi connectivity index (χ3v) is 6.82. The maximum absolute atomic E-state index is 12.7. The standard InChI is InChI=1S/C21H20ClF3N4O3/c1-18(2)17(31-14-6-5-12(8-26)15(7-14)32-21(23,24)25)19(3,4)20(18,22)29-16(30)13-9-27-11-28-10-13/h5-7,9-11,17H,1-4H3,(H,29,30). The van der Waals surface area contributed by atoms with E-state index in [0.29, 0.717) is 0 Å². The summed E-state index contributed by atoms with van der Waals surface area (Å²) in [6.45, 7) is 7.09. The molecule has 1 fully saturated rings. The third kappa shape index (κ3) is 3.93. The van der Waals surface area contributed by atoms with Gasteiger partial charge in [0.25, 0.3) is 5.91 Å². The van der Waals surface area contributed by atoms with Gasteiger partial charge in [-0.25, -0.2) is 9.97 Å². The molecule has 0 bridgehead atoms. The minimum atomic E-state index is -4.96. The predicted molar refractivity (Wildman–Crippen MR) is 108 cm³/mol. The average Bonchev–Trinajstić information content (AvgIpc) is 2.71. The second kappa shape index (κ2) is 7.81. The van der Waals surface area contributed by atoms with Gasteiger partial charge in [-0.2, -0.15) is 5.26 Å². The molecule has 1 aromatic heterocycles. The average molecular weight is 469 g/mol. The lowest BCUT2D eigenvalue weighted by Gasteiger charge is -2.68. The number of hydrogen-bond acceptors (Lipinski definition) is 6. The van der Waals surface area contributed by atoms with Gasteiger partial charge in [0.2, 0.25) is 0 Å². The quantitative estimate of drug-likeness (QED) is 0.515. The van der Waals surface area contributed by atoms with Crippen molar-refractivity contribution in [1.29, 1.82) is 5.26 Å². The van der Waals surface area contributed by atoms with E-state index in [0.717, 1.165) is 6.07 Å². The molecule has 0 aliphatic heterocycles. The van der Waals surface area contributed by atoms with E-state index < -0.39 is 40.0 Å². The molecule has 1 N–H and O–H groups in total. The van der Waals surface area contributed by atoms with Crippen LogP contribution in [0.15, 0.2) is 36.9 Å². The lowest BCUT2D eigenvalue weighted by atomic mass is 9.48. The van der Waals surface area contributed by atoms with Crippen LogP contribution in [0.2, 0.25) is 0 Å². The molecule has 0 atom stereocenters. The number of benzene rings is 1. The number of amides is 1. The Hall–Kier alpha value is -3.06. The normalized spacial score (nSPS) is 23.4. The largest absolute Gasteiger partial charge is 0.573 e. The maximum Gasteiger partial charge on any atom is 0.573 e. The summed E-state index contributed by atoms with van der Waals surface area (Å²) in [6, 6.07) is 5.21. The van der Waals surface area contributed by atoms with Gasteiger partial charge < -0.3 is 14.8 Å². The van der Waals surface area contributed by atoms with E-state index in [1.807, 2.05) is 0 Å². The fourth-order valence-electron chi connectivity index (χ4n) is 4.29. The minimum absolute atomic E-state index is 0.0657. The van der Waals surface area contributed by atoms with E-state index in [1.165, 1.54) is 30.9 Å². The lowest BCUT2D eigenvalue weighted by Crippen LogP contribution is -2.81. The SMILES string of the molecule is CC1(C)C(Oc2ccc(C#N)c(OC(F)(F)F)c2)C(C)(C)C1(Cl)NC(=O)c1cncnc1. The van der Waals surface area contributed by atoms with Crippen molar-refractivity contribution < 1.29 is 27.4 Å². The number of alkyl halides is 4. The van der Waals surface area contributed by atoms with E-state index in [1.54, 1.807) is 33.8 Å². The topological polar surface area (TPSA) is 97.1 Å². The first-order valence-electron chi connectivity index (χ1n) is 9.46. The zero-order valence-corrected chi connectivity index (χ0v) is 18.4. The molecule has 0 spiro atoms. The van der Waals surface area contributed by atoms with Crippen molar-refractivity contribution in [3.63, 3.8) is 0 Å². The lowest BCUT2D eigenvalue weighted by molar-refractivity contribution is -0.274. The molecule has 3 rings (SSSR count). The van der Waals surface area contributed by atoms with E-state index in [4.69, 9.17) is 21.6 Å². The molecule has 170 valence electrons. The Kier molecular flexibility index (Phi) is 5.76. The van der Waals surface area contributed by atoms with Crippen molar-refractivity contribution >= 4 is 17.5 Å². The number of nitrogens with one attached hydrogen (secondary N) is 1. The fraction of sp³-hybridized carbons (Fsp3) is 0.429. The number of nitriles is 1. The van der Waals surface area contributed by atoms with Crippen LogP contribution in [-0.2, 0) is 0 Å². The van der Waals surface area contributed by atoms with Gasteiger partial charge in [-0.3, -0.25) is 4.79 Å². The van der Waals surface area contributed by atoms with Crippen molar-refractivity contribution in [3.8, 4) is 17.6 Å². The second-order valence-electron chi connectivity index (χ2n) is 8.50. The summed E-state index contributed by atoms with van der Waals surface area (Å²) < 4.78 is 48.0. The molecule has 1 aromatic carbocycles. The summed E-state index contributed by atoms with van der Waals surface area (Å²) in [4.78, 5) is 19.0. The van der Waals surface area contributed by atoms with Gasteiger partial charge in [0.15, 0.2) is 5.75 Å². The molecule has 0 unspecified atom stereocenters. The molecule has 1 saturated carbocycles. The first-order chi connectivity index (χ1) is 14.7. The van der Waals surface area contributed by atoms with E-state index in [9.17, 15) is 18.0 Å². The number of rotatable bonds is 5. The van der Waals surface area contributed by atoms with Crippen LogP contribution in [0.25, 0.3) is 0 Å². The second-order valence-corrected chi connectivity index (χ2v) is 9.07. The highest BCUT2D eigenvalue weighted by molar-refractivity contribution is 6.27. The minimum Gasteiger partial charge on any atom is -0.489 e. The van der Waals surface area contributed by atoms with Crippen LogP contribution in [0, 0.1) is 22.2 Å². The van der Waals surface area contributed by atoms with Crippen molar-refractivity contribution in [2.45, 2.75) is 45.2 Å². The van der Waals surface area contributed by atoms with Gasteiger partial charge in [-0.15, -0.1) is 13.2 Å². The van der Waals surface area contributed by atoms with Crippen molar-refractivity contribution in [2.24, 2.45) is 10.8 Å². The number of halogens is 4. The van der Waals surface area contributed by atoms with Crippen LogP contribution in [0.1, 0.15) is 43.6 Å². The van der Waals surface area contributed by atoms with Gasteiger partial charge in [0, 0.05) is 29.3 Å². The summed E-state index contributed by atoms with van der Waals surface area (Å²) in [5.41, 5.74) is -1.75. The van der Waals surface area contributed by atoms with Crippen molar-refractivity contribution in [3.05, 3.63) is 48.0 Å². The van der Waals surface area contributed by atoms with Crippen molar-refractivity contribution in [1.82, 2.24) is 15.3 Å². The summed E-state index contributed by atoms with van der Waals surface area (Å²) >= 11 is 6.89. The number of carbonyl (C=O) groups is 1. The summed E-state index contributed by atoms with van der Waals surface area (Å²) in [7, 11) is 0. The molecule has 32 heavy (non-hydrogen) atoms. The van der Waals surface area contributed by atoms with Crippen molar-refractivity contribution in [2.75, 3.05) is 0 Å². The van der Waals surface area contributed by atoms with Crippen LogP contribution in [-0.4, -0.2) is 33.3 Å². The highest BCUT2D eigenvalue weighted by Crippen LogP contribution is 2.65. The molecule has 0 saturated heterocycles. The molecule has 11 heteroatoms. The molecule has 7 nitrogen and oxygen atoms in total. The van der Waals surface area contributed by atoms with E-state index >= 15 is 0 Å². The van der Waals surface area contributed by atoms with E-state index in [2.05, 4.69) is 20.0 Å². The van der Waals surface area contributed by atoms with Crippen LogP contribution in [0.5, 0.6) is 11.5 Å². The van der Waals surface area contributed by atoms with Gasteiger partial charge in [0.1, 0.15) is 29.2 Å². The monoisotopic (exact) mass is 468 g/mol. The first kappa shape index (κ1) is 23.6. The number of nitrogens with zero attached hydrogens (tertiary/aromatic N) is 3. The van der Waals surface area contributed by atoms with Crippen LogP contribution in [0.3, 0.4) is 0 Å². The van der Waals surface area contributed by atoms with Crippen LogP contribution in [0.4, 0.5) is 13.2 Å². The zero-order chi connectivity index (χ0) is 23.9. The Balaban J connectivity index is 1.85. The Morgan fingerprint density at radius 3 is 2.31 bits per heavy atom. The molecular formula is C21H20ClF3N4O3. The summed E-state index contributed by atoms with van der Waals surface area (Å²) in [5, 5.41) is 11.9. The molecule has 1 aliphatic carbocycles. The first-order valence-corrected chi connectivity index (χ1v) is 9.84. The van der Waals surface area contributed by atoms with Gasteiger partial charge in [-0.1, -0.05) is 39.3 Å². The number of hydrogen-bond donors (Lipinski definition) is 1. The fourth-order valence-corrected chi connectivity index (χ4v) is 4.58. The number of aromatic nitrogens is 2. The van der Waals surface area contributed by atoms with Crippen LogP contribution >= 0.6 is 11.6 Å². The summed E-state index contributed by atoms with van der Waals surface area (Å²) in [5.74, 6) is -1.07. The van der Waals surface area contributed by atoms with Gasteiger partial charge in [-0.05, 0) is 12.1 Å².